The number of nitrogens with one attached hydrogen (secondary N) is 3. The van der Waals surface area contributed by atoms with E-state index in [0.29, 0.717) is 12.0 Å². The second-order valence-corrected chi connectivity index (χ2v) is 10.6. The van der Waals surface area contributed by atoms with Crippen molar-refractivity contribution in [3.63, 3.8) is 0 Å². The molecule has 6 heteroatoms. The maximum atomic E-state index is 14.7. The number of rotatable bonds is 8. The molecule has 0 aliphatic rings. The lowest BCUT2D eigenvalue weighted by molar-refractivity contribution is -0.123. The van der Waals surface area contributed by atoms with Crippen molar-refractivity contribution in [2.24, 2.45) is 5.92 Å². The van der Waals surface area contributed by atoms with E-state index < -0.39 is 0 Å². The summed E-state index contributed by atoms with van der Waals surface area (Å²) >= 11 is 0. The molecule has 0 fully saturated rings. The summed E-state index contributed by atoms with van der Waals surface area (Å²) in [6.07, 6.45) is 4.83. The summed E-state index contributed by atoms with van der Waals surface area (Å²) in [7, 11) is 0. The summed E-state index contributed by atoms with van der Waals surface area (Å²) in [5.41, 5.74) is 8.61. The van der Waals surface area contributed by atoms with Gasteiger partial charge in [-0.1, -0.05) is 68.5 Å². The highest BCUT2D eigenvalue weighted by Crippen LogP contribution is 2.35. The van der Waals surface area contributed by atoms with Gasteiger partial charge >= 0.3 is 0 Å². The normalized spacial score (nSPS) is 12.4. The van der Waals surface area contributed by atoms with Crippen molar-refractivity contribution in [1.82, 2.24) is 20.5 Å². The molecule has 0 saturated heterocycles. The van der Waals surface area contributed by atoms with Gasteiger partial charge in [0, 0.05) is 33.5 Å². The third-order valence-electron chi connectivity index (χ3n) is 6.87. The Morgan fingerprint density at radius 2 is 1.77 bits per heavy atom. The van der Waals surface area contributed by atoms with Gasteiger partial charge in [0.25, 0.3) is 0 Å². The first kappa shape index (κ1) is 26.9. The van der Waals surface area contributed by atoms with Gasteiger partial charge in [-0.25, -0.2) is 4.39 Å². The van der Waals surface area contributed by atoms with E-state index >= 15 is 0 Å². The van der Waals surface area contributed by atoms with E-state index in [1.807, 2.05) is 76.2 Å². The number of allylic oxidation sites excluding steroid dienone is 5. The predicted octanol–water partition coefficient (Wildman–Crippen LogP) is 8.54. The molecule has 3 N–H and O–H groups in total. The largest absolute Gasteiger partial charge is 0.353 e. The van der Waals surface area contributed by atoms with Crippen molar-refractivity contribution >= 4 is 33.3 Å². The molecule has 0 aliphatic heterocycles. The molecule has 0 aliphatic carbocycles. The number of benzene rings is 3. The molecule has 2 heterocycles. The number of fused-ring (bicyclic) bond motifs is 2. The number of aromatic nitrogens is 3. The van der Waals surface area contributed by atoms with Crippen LogP contribution in [0, 0.1) is 11.7 Å². The van der Waals surface area contributed by atoms with Gasteiger partial charge in [0.15, 0.2) is 0 Å². The molecule has 202 valence electrons. The zero-order chi connectivity index (χ0) is 28.4. The van der Waals surface area contributed by atoms with Gasteiger partial charge in [-0.2, -0.15) is 5.10 Å². The molecule has 3 aromatic carbocycles. The summed E-state index contributed by atoms with van der Waals surface area (Å²) in [4.78, 5) is 15.7. The topological polar surface area (TPSA) is 73.6 Å². The maximum Gasteiger partial charge on any atom is 0.226 e. The Bertz CT molecular complexity index is 1800. The van der Waals surface area contributed by atoms with Crippen LogP contribution in [0.15, 0.2) is 96.7 Å². The third-order valence-corrected chi connectivity index (χ3v) is 6.87. The molecule has 0 saturated carbocycles. The molecule has 0 unspecified atom stereocenters. The number of hydrogen-bond acceptors (Lipinski definition) is 2. The van der Waals surface area contributed by atoms with Crippen LogP contribution in [-0.4, -0.2) is 21.1 Å². The van der Waals surface area contributed by atoms with Crippen molar-refractivity contribution in [1.29, 1.82) is 0 Å². The number of carbonyl (C=O) groups excluding carboxylic acids is 1. The Hall–Kier alpha value is -4.71. The fraction of sp³-hybridized carbons (Fsp3) is 0.176. The van der Waals surface area contributed by atoms with Gasteiger partial charge in [0.05, 0.1) is 11.2 Å². The first-order valence-corrected chi connectivity index (χ1v) is 13.4. The number of H-pyrrole nitrogens is 2. The monoisotopic (exact) mass is 532 g/mol. The van der Waals surface area contributed by atoms with Crippen molar-refractivity contribution in [3.05, 3.63) is 108 Å². The average molecular weight is 533 g/mol. The Labute approximate surface area is 233 Å². The van der Waals surface area contributed by atoms with E-state index in [9.17, 15) is 9.18 Å². The van der Waals surface area contributed by atoms with Crippen molar-refractivity contribution in [2.75, 3.05) is 0 Å². The Morgan fingerprint density at radius 1 is 1.00 bits per heavy atom. The van der Waals surface area contributed by atoms with E-state index in [1.54, 1.807) is 12.1 Å². The molecule has 0 atom stereocenters. The lowest BCUT2D eigenvalue weighted by Crippen LogP contribution is -2.25. The Morgan fingerprint density at radius 3 is 2.52 bits per heavy atom. The van der Waals surface area contributed by atoms with Crippen LogP contribution < -0.4 is 5.32 Å². The smallest absolute Gasteiger partial charge is 0.226 e. The van der Waals surface area contributed by atoms with Gasteiger partial charge in [-0.15, -0.1) is 0 Å². The van der Waals surface area contributed by atoms with Crippen LogP contribution in [0.2, 0.25) is 0 Å². The average Bonchev–Trinajstić information content (AvgIpc) is 3.54. The number of aromatic amines is 2. The molecular weight excluding hydrogens is 499 g/mol. The molecular formula is C34H33FN4O. The standard InChI is InChI=1S/C34H33FN4O/c1-20(2)13-14-23(17-22(5)36-34(40)21(3)4)24-15-16-31-28(18-24)33(39-38-31)32-19-27-25(10-8-12-30(27)37-32)26-9-6-7-11-29(26)35/h6-12,14-19,21,37H,1,13H2,2-5H3,(H,36,40)(H,38,39)/b22-17+,23-14+. The van der Waals surface area contributed by atoms with Gasteiger partial charge in [0.1, 0.15) is 11.5 Å². The summed E-state index contributed by atoms with van der Waals surface area (Å²) in [5.74, 6) is -0.380. The number of hydrogen-bond donors (Lipinski definition) is 3. The molecule has 0 bridgehead atoms. The summed E-state index contributed by atoms with van der Waals surface area (Å²) in [6, 6.07) is 20.9. The first-order chi connectivity index (χ1) is 19.2. The molecule has 1 amide bonds. The van der Waals surface area contributed by atoms with E-state index in [1.165, 1.54) is 6.07 Å². The minimum atomic E-state index is -0.255. The second-order valence-electron chi connectivity index (χ2n) is 10.6. The molecule has 5 nitrogen and oxygen atoms in total. The predicted molar refractivity (Wildman–Crippen MR) is 163 cm³/mol. The second kappa shape index (κ2) is 11.2. The first-order valence-electron chi connectivity index (χ1n) is 13.4. The minimum Gasteiger partial charge on any atom is -0.353 e. The highest BCUT2D eigenvalue weighted by molar-refractivity contribution is 6.02. The molecule has 5 aromatic rings. The van der Waals surface area contributed by atoms with Crippen molar-refractivity contribution in [2.45, 2.75) is 34.1 Å². The third kappa shape index (κ3) is 5.52. The van der Waals surface area contributed by atoms with Crippen LogP contribution in [-0.2, 0) is 4.79 Å². The number of halogens is 1. The van der Waals surface area contributed by atoms with Gasteiger partial charge in [-0.3, -0.25) is 9.89 Å². The molecule has 0 spiro atoms. The van der Waals surface area contributed by atoms with E-state index in [2.05, 4.69) is 39.2 Å². The van der Waals surface area contributed by atoms with Crippen LogP contribution in [0.1, 0.15) is 39.7 Å². The summed E-state index contributed by atoms with van der Waals surface area (Å²) in [6.45, 7) is 11.7. The number of carbonyl (C=O) groups is 1. The van der Waals surface area contributed by atoms with E-state index in [-0.39, 0.29) is 17.6 Å². The van der Waals surface area contributed by atoms with Crippen LogP contribution in [0.4, 0.5) is 4.39 Å². The fourth-order valence-electron chi connectivity index (χ4n) is 4.75. The molecule has 0 radical (unpaired) electrons. The highest BCUT2D eigenvalue weighted by Gasteiger charge is 2.16. The SMILES string of the molecule is C=C(C)C/C=C(\C=C(/C)NC(=O)C(C)C)c1ccc2[nH]nc(-c3cc4c(-c5ccccc5F)cccc4[nH]3)c2c1. The van der Waals surface area contributed by atoms with Crippen LogP contribution >= 0.6 is 0 Å². The van der Waals surface area contributed by atoms with Crippen molar-refractivity contribution < 1.29 is 9.18 Å². The van der Waals surface area contributed by atoms with E-state index in [4.69, 9.17) is 0 Å². The lowest BCUT2D eigenvalue weighted by atomic mass is 9.99. The quantitative estimate of drug-likeness (QED) is 0.138. The molecule has 5 rings (SSSR count). The summed E-state index contributed by atoms with van der Waals surface area (Å²) in [5, 5.41) is 12.6. The van der Waals surface area contributed by atoms with Crippen LogP contribution in [0.5, 0.6) is 0 Å². The van der Waals surface area contributed by atoms with Crippen molar-refractivity contribution in [3.8, 4) is 22.5 Å². The Kier molecular flexibility index (Phi) is 7.52. The zero-order valence-corrected chi connectivity index (χ0v) is 23.2. The number of nitrogens with zero attached hydrogens (tertiary/aromatic N) is 1. The van der Waals surface area contributed by atoms with Gasteiger partial charge in [0.2, 0.25) is 5.91 Å². The van der Waals surface area contributed by atoms with E-state index in [0.717, 1.165) is 61.2 Å². The number of amides is 1. The molecule has 2 aromatic heterocycles. The fourth-order valence-corrected chi connectivity index (χ4v) is 4.75. The lowest BCUT2D eigenvalue weighted by Gasteiger charge is -2.10. The maximum absolute atomic E-state index is 14.7. The highest BCUT2D eigenvalue weighted by atomic mass is 19.1. The van der Waals surface area contributed by atoms with Crippen LogP contribution in [0.3, 0.4) is 0 Å². The van der Waals surface area contributed by atoms with Crippen LogP contribution in [0.25, 0.3) is 49.9 Å². The van der Waals surface area contributed by atoms with Gasteiger partial charge in [-0.05, 0) is 73.4 Å². The van der Waals surface area contributed by atoms with Gasteiger partial charge < -0.3 is 10.3 Å². The zero-order valence-electron chi connectivity index (χ0n) is 23.2. The minimum absolute atomic E-state index is 0.0193. The molecule has 40 heavy (non-hydrogen) atoms. The summed E-state index contributed by atoms with van der Waals surface area (Å²) < 4.78 is 14.7. The Balaban J connectivity index is 1.58.